The number of nitrogens with two attached hydrogens (primary N) is 1. The Hall–Kier alpha value is -0.540. The molecule has 3 heteroatoms. The number of anilines is 1. The largest absolute Gasteiger partial charge is 0.371 e. The number of piperidine rings is 1. The van der Waals surface area contributed by atoms with Gasteiger partial charge in [0.2, 0.25) is 0 Å². The van der Waals surface area contributed by atoms with E-state index in [4.69, 9.17) is 5.73 Å². The first kappa shape index (κ1) is 15.8. The maximum Gasteiger partial charge on any atom is 0.0510 e. The fourth-order valence-electron chi connectivity index (χ4n) is 2.95. The number of nitrogens with zero attached hydrogens (tertiary/aromatic N) is 1. The van der Waals surface area contributed by atoms with Crippen LogP contribution in [0.25, 0.3) is 0 Å². The Labute approximate surface area is 131 Å². The molecule has 1 heterocycles. The second-order valence-corrected chi connectivity index (χ2v) is 7.47. The summed E-state index contributed by atoms with van der Waals surface area (Å²) in [6.45, 7) is 9.11. The monoisotopic (exact) mass is 338 g/mol. The van der Waals surface area contributed by atoms with Crippen LogP contribution in [0, 0.1) is 5.41 Å². The lowest BCUT2D eigenvalue weighted by molar-refractivity contribution is 0.238. The Morgan fingerprint density at radius 3 is 2.50 bits per heavy atom. The van der Waals surface area contributed by atoms with Gasteiger partial charge >= 0.3 is 0 Å². The van der Waals surface area contributed by atoms with Gasteiger partial charge in [-0.25, -0.2) is 0 Å². The van der Waals surface area contributed by atoms with E-state index in [0.717, 1.165) is 19.5 Å². The highest BCUT2D eigenvalue weighted by atomic mass is 79.9. The predicted octanol–water partition coefficient (Wildman–Crippen LogP) is 4.36. The first-order chi connectivity index (χ1) is 9.43. The Morgan fingerprint density at radius 2 is 2.00 bits per heavy atom. The minimum Gasteiger partial charge on any atom is -0.371 e. The standard InChI is InChI=1S/C17H27BrN2/c1-4-17(3)7-9-20(10-8-17)16-6-5-14(11-13(2)19)12-15(16)18/h5-6,12-13H,4,7-11,19H2,1-3H3. The molecular weight excluding hydrogens is 312 g/mol. The van der Waals surface area contributed by atoms with Crippen molar-refractivity contribution in [3.05, 3.63) is 28.2 Å². The summed E-state index contributed by atoms with van der Waals surface area (Å²) in [4.78, 5) is 2.51. The van der Waals surface area contributed by atoms with Crippen LogP contribution in [0.3, 0.4) is 0 Å². The van der Waals surface area contributed by atoms with Crippen molar-refractivity contribution in [2.75, 3.05) is 18.0 Å². The lowest BCUT2D eigenvalue weighted by Crippen LogP contribution is -2.38. The molecule has 1 saturated heterocycles. The van der Waals surface area contributed by atoms with Gasteiger partial charge in [-0.05, 0) is 65.2 Å². The van der Waals surface area contributed by atoms with E-state index in [0.29, 0.717) is 5.41 Å². The van der Waals surface area contributed by atoms with Crippen LogP contribution in [0.1, 0.15) is 45.6 Å². The average Bonchev–Trinajstić information content (AvgIpc) is 2.40. The fraction of sp³-hybridized carbons (Fsp3) is 0.647. The van der Waals surface area contributed by atoms with Gasteiger partial charge in [-0.3, -0.25) is 0 Å². The van der Waals surface area contributed by atoms with Gasteiger partial charge < -0.3 is 10.6 Å². The topological polar surface area (TPSA) is 29.3 Å². The second-order valence-electron chi connectivity index (χ2n) is 6.62. The molecule has 1 unspecified atom stereocenters. The molecule has 0 bridgehead atoms. The first-order valence-corrected chi connectivity index (χ1v) is 8.52. The molecule has 0 saturated carbocycles. The van der Waals surface area contributed by atoms with E-state index >= 15 is 0 Å². The summed E-state index contributed by atoms with van der Waals surface area (Å²) >= 11 is 3.74. The number of benzene rings is 1. The molecule has 1 aliphatic heterocycles. The summed E-state index contributed by atoms with van der Waals surface area (Å²) < 4.78 is 1.20. The zero-order valence-corrected chi connectivity index (χ0v) is 14.5. The smallest absolute Gasteiger partial charge is 0.0510 e. The summed E-state index contributed by atoms with van der Waals surface area (Å²) in [5.41, 5.74) is 9.06. The van der Waals surface area contributed by atoms with E-state index in [9.17, 15) is 0 Å². The summed E-state index contributed by atoms with van der Waals surface area (Å²) in [6.07, 6.45) is 4.80. The summed E-state index contributed by atoms with van der Waals surface area (Å²) in [6, 6.07) is 6.91. The summed E-state index contributed by atoms with van der Waals surface area (Å²) in [5.74, 6) is 0. The van der Waals surface area contributed by atoms with Crippen LogP contribution >= 0.6 is 15.9 Å². The summed E-state index contributed by atoms with van der Waals surface area (Å²) in [7, 11) is 0. The Bertz CT molecular complexity index is 448. The van der Waals surface area contributed by atoms with Crippen molar-refractivity contribution in [2.24, 2.45) is 11.1 Å². The Kier molecular flexibility index (Phi) is 5.14. The molecule has 0 radical (unpaired) electrons. The molecule has 1 atom stereocenters. The molecule has 2 nitrogen and oxygen atoms in total. The van der Waals surface area contributed by atoms with E-state index in [1.54, 1.807) is 0 Å². The maximum absolute atomic E-state index is 5.87. The number of rotatable bonds is 4. The third-order valence-electron chi connectivity index (χ3n) is 4.73. The van der Waals surface area contributed by atoms with Crippen molar-refractivity contribution < 1.29 is 0 Å². The highest BCUT2D eigenvalue weighted by Gasteiger charge is 2.28. The third-order valence-corrected chi connectivity index (χ3v) is 5.37. The van der Waals surface area contributed by atoms with Gasteiger partial charge in [0.05, 0.1) is 5.69 Å². The van der Waals surface area contributed by atoms with Gasteiger partial charge in [0.1, 0.15) is 0 Å². The van der Waals surface area contributed by atoms with E-state index in [1.807, 2.05) is 0 Å². The molecule has 0 amide bonds. The molecule has 0 aromatic heterocycles. The normalized spacial score (nSPS) is 19.9. The van der Waals surface area contributed by atoms with Gasteiger partial charge in [0.25, 0.3) is 0 Å². The zero-order chi connectivity index (χ0) is 14.8. The van der Waals surface area contributed by atoms with Crippen LogP contribution in [0.5, 0.6) is 0 Å². The molecule has 1 fully saturated rings. The van der Waals surface area contributed by atoms with Crippen LogP contribution in [-0.2, 0) is 6.42 Å². The molecule has 112 valence electrons. The van der Waals surface area contributed by atoms with Crippen molar-refractivity contribution in [3.63, 3.8) is 0 Å². The highest BCUT2D eigenvalue weighted by molar-refractivity contribution is 9.10. The molecular formula is C17H27BrN2. The molecule has 1 aromatic carbocycles. The molecule has 2 N–H and O–H groups in total. The maximum atomic E-state index is 5.87. The summed E-state index contributed by atoms with van der Waals surface area (Å²) in [5, 5.41) is 0. The van der Waals surface area contributed by atoms with Crippen LogP contribution < -0.4 is 10.6 Å². The minimum atomic E-state index is 0.216. The minimum absolute atomic E-state index is 0.216. The van der Waals surface area contributed by atoms with Crippen LogP contribution in [0.2, 0.25) is 0 Å². The lowest BCUT2D eigenvalue weighted by Gasteiger charge is -2.40. The second kappa shape index (κ2) is 6.48. The number of halogens is 1. The van der Waals surface area contributed by atoms with Gasteiger partial charge in [-0.2, -0.15) is 0 Å². The van der Waals surface area contributed by atoms with E-state index < -0.39 is 0 Å². The molecule has 1 aromatic rings. The van der Waals surface area contributed by atoms with Gasteiger partial charge in [0, 0.05) is 23.6 Å². The van der Waals surface area contributed by atoms with E-state index in [2.05, 4.69) is 59.8 Å². The average molecular weight is 339 g/mol. The molecule has 0 spiro atoms. The van der Waals surface area contributed by atoms with Gasteiger partial charge in [-0.15, -0.1) is 0 Å². The molecule has 1 aliphatic rings. The van der Waals surface area contributed by atoms with Crippen molar-refractivity contribution in [1.29, 1.82) is 0 Å². The van der Waals surface area contributed by atoms with E-state index in [-0.39, 0.29) is 6.04 Å². The van der Waals surface area contributed by atoms with Crippen molar-refractivity contribution in [1.82, 2.24) is 0 Å². The molecule has 20 heavy (non-hydrogen) atoms. The Morgan fingerprint density at radius 1 is 1.35 bits per heavy atom. The first-order valence-electron chi connectivity index (χ1n) is 7.72. The zero-order valence-electron chi connectivity index (χ0n) is 13.0. The quantitative estimate of drug-likeness (QED) is 0.883. The van der Waals surface area contributed by atoms with Gasteiger partial charge in [-0.1, -0.05) is 26.3 Å². The molecule has 2 rings (SSSR count). The van der Waals surface area contributed by atoms with Crippen molar-refractivity contribution >= 4 is 21.6 Å². The predicted molar refractivity (Wildman–Crippen MR) is 91.3 cm³/mol. The molecule has 0 aliphatic carbocycles. The van der Waals surface area contributed by atoms with Crippen LogP contribution in [-0.4, -0.2) is 19.1 Å². The van der Waals surface area contributed by atoms with Crippen LogP contribution in [0.15, 0.2) is 22.7 Å². The van der Waals surface area contributed by atoms with Gasteiger partial charge in [0.15, 0.2) is 0 Å². The fourth-order valence-corrected chi connectivity index (χ4v) is 3.62. The number of hydrogen-bond donors (Lipinski definition) is 1. The Balaban J connectivity index is 2.07. The highest BCUT2D eigenvalue weighted by Crippen LogP contribution is 2.37. The van der Waals surface area contributed by atoms with E-state index in [1.165, 1.54) is 35.0 Å². The van der Waals surface area contributed by atoms with Crippen molar-refractivity contribution in [3.8, 4) is 0 Å². The number of hydrogen-bond acceptors (Lipinski definition) is 2. The lowest BCUT2D eigenvalue weighted by atomic mass is 9.78. The van der Waals surface area contributed by atoms with Crippen LogP contribution in [0.4, 0.5) is 5.69 Å². The van der Waals surface area contributed by atoms with Crippen molar-refractivity contribution in [2.45, 2.75) is 52.5 Å². The third kappa shape index (κ3) is 3.76. The SMILES string of the molecule is CCC1(C)CCN(c2ccc(CC(C)N)cc2Br)CC1.